The molecule has 2 nitrogen and oxygen atoms in total. The molecule has 1 aliphatic carbocycles. The van der Waals surface area contributed by atoms with Crippen molar-refractivity contribution in [1.29, 1.82) is 0 Å². The van der Waals surface area contributed by atoms with Crippen LogP contribution >= 0.6 is 0 Å². The van der Waals surface area contributed by atoms with Crippen molar-refractivity contribution in [3.05, 3.63) is 47.0 Å². The summed E-state index contributed by atoms with van der Waals surface area (Å²) in [7, 11) is 0. The summed E-state index contributed by atoms with van der Waals surface area (Å²) in [6.07, 6.45) is -1.84. The molecule has 0 aliphatic heterocycles. The first-order chi connectivity index (χ1) is 9.32. The summed E-state index contributed by atoms with van der Waals surface area (Å²) in [6, 6.07) is 5.29. The van der Waals surface area contributed by atoms with Crippen molar-refractivity contribution in [2.75, 3.05) is 0 Å². The minimum atomic E-state index is -4.34. The van der Waals surface area contributed by atoms with Gasteiger partial charge in [-0.25, -0.2) is 4.79 Å². The second kappa shape index (κ2) is 5.31. The fourth-order valence-corrected chi connectivity index (χ4v) is 2.55. The maximum atomic E-state index is 12.7. The number of benzene rings is 1. The van der Waals surface area contributed by atoms with E-state index in [2.05, 4.69) is 0 Å². The molecule has 1 fully saturated rings. The summed E-state index contributed by atoms with van der Waals surface area (Å²) in [6.45, 7) is 1.86. The Morgan fingerprint density at radius 3 is 2.70 bits per heavy atom. The van der Waals surface area contributed by atoms with Gasteiger partial charge in [0.2, 0.25) is 0 Å². The zero-order valence-electron chi connectivity index (χ0n) is 10.9. The number of hydrogen-bond donors (Lipinski definition) is 1. The molecule has 1 aromatic carbocycles. The molecule has 20 heavy (non-hydrogen) atoms. The molecular weight excluding hydrogens is 269 g/mol. The second-order valence-electron chi connectivity index (χ2n) is 4.98. The molecule has 1 aromatic rings. The van der Waals surface area contributed by atoms with Crippen molar-refractivity contribution in [2.24, 2.45) is 5.92 Å². The van der Waals surface area contributed by atoms with E-state index in [-0.39, 0.29) is 11.8 Å². The van der Waals surface area contributed by atoms with Crippen molar-refractivity contribution in [3.8, 4) is 0 Å². The summed E-state index contributed by atoms with van der Waals surface area (Å²) in [5.41, 5.74) is 0.774. The largest absolute Gasteiger partial charge is 0.478 e. The van der Waals surface area contributed by atoms with Crippen LogP contribution in [0.4, 0.5) is 13.2 Å². The van der Waals surface area contributed by atoms with Gasteiger partial charge in [-0.3, -0.25) is 0 Å². The Labute approximate surface area is 114 Å². The van der Waals surface area contributed by atoms with Gasteiger partial charge in [0.25, 0.3) is 0 Å². The van der Waals surface area contributed by atoms with E-state index in [0.29, 0.717) is 18.4 Å². The summed E-state index contributed by atoms with van der Waals surface area (Å²) >= 11 is 0. The van der Waals surface area contributed by atoms with Gasteiger partial charge >= 0.3 is 12.1 Å². The number of halogens is 3. The van der Waals surface area contributed by atoms with E-state index < -0.39 is 17.7 Å². The number of carboxylic acids is 1. The average Bonchev–Trinajstić information content (AvgIpc) is 3.15. The first kappa shape index (κ1) is 14.6. The monoisotopic (exact) mass is 284 g/mol. The molecule has 0 aromatic heterocycles. The standard InChI is InChI=1S/C15H15F3O2/c1-2-9(7-14(19)20)12-8-13(12)10-4-3-5-11(6-10)15(16,17)18/h3-7,12-13H,2,8H2,1H3,(H,19,20)/b9-7+. The Bertz CT molecular complexity index is 546. The number of alkyl halides is 3. The number of aliphatic carboxylic acids is 1. The first-order valence-electron chi connectivity index (χ1n) is 6.43. The third-order valence-corrected chi connectivity index (χ3v) is 3.63. The van der Waals surface area contributed by atoms with Crippen molar-refractivity contribution in [2.45, 2.75) is 31.9 Å². The van der Waals surface area contributed by atoms with Gasteiger partial charge in [-0.15, -0.1) is 0 Å². The molecule has 1 saturated carbocycles. The van der Waals surface area contributed by atoms with Gasteiger partial charge in [-0.1, -0.05) is 30.7 Å². The molecule has 108 valence electrons. The molecule has 5 heteroatoms. The molecule has 2 atom stereocenters. The fourth-order valence-electron chi connectivity index (χ4n) is 2.55. The lowest BCUT2D eigenvalue weighted by Gasteiger charge is -2.09. The van der Waals surface area contributed by atoms with Crippen LogP contribution in [0.25, 0.3) is 0 Å². The third kappa shape index (κ3) is 3.21. The van der Waals surface area contributed by atoms with Gasteiger partial charge in [0.1, 0.15) is 0 Å². The van der Waals surface area contributed by atoms with Crippen LogP contribution in [0.3, 0.4) is 0 Å². The Morgan fingerprint density at radius 2 is 2.15 bits per heavy atom. The molecule has 0 bridgehead atoms. The highest BCUT2D eigenvalue weighted by atomic mass is 19.4. The molecule has 2 unspecified atom stereocenters. The predicted octanol–water partition coefficient (Wildman–Crippen LogP) is 4.23. The van der Waals surface area contributed by atoms with Crippen molar-refractivity contribution in [1.82, 2.24) is 0 Å². The van der Waals surface area contributed by atoms with E-state index in [1.165, 1.54) is 18.2 Å². The van der Waals surface area contributed by atoms with Gasteiger partial charge in [-0.2, -0.15) is 13.2 Å². The third-order valence-electron chi connectivity index (χ3n) is 3.63. The van der Waals surface area contributed by atoms with Crippen LogP contribution in [-0.2, 0) is 11.0 Å². The molecule has 0 saturated heterocycles. The maximum Gasteiger partial charge on any atom is 0.416 e. The summed E-state index contributed by atoms with van der Waals surface area (Å²) < 4.78 is 38.0. The zero-order chi connectivity index (χ0) is 14.9. The zero-order valence-corrected chi connectivity index (χ0v) is 10.9. The number of allylic oxidation sites excluding steroid dienone is 1. The van der Waals surface area contributed by atoms with Crippen LogP contribution in [0.2, 0.25) is 0 Å². The predicted molar refractivity (Wildman–Crippen MR) is 68.3 cm³/mol. The highest BCUT2D eigenvalue weighted by Crippen LogP contribution is 2.53. The molecule has 0 heterocycles. The fraction of sp³-hybridized carbons (Fsp3) is 0.400. The van der Waals surface area contributed by atoms with E-state index in [1.807, 2.05) is 6.92 Å². The van der Waals surface area contributed by atoms with Gasteiger partial charge in [0, 0.05) is 6.08 Å². The molecule has 0 amide bonds. The average molecular weight is 284 g/mol. The van der Waals surface area contributed by atoms with Gasteiger partial charge < -0.3 is 5.11 Å². The van der Waals surface area contributed by atoms with Crippen LogP contribution in [0, 0.1) is 5.92 Å². The van der Waals surface area contributed by atoms with Gasteiger partial charge in [0.05, 0.1) is 5.56 Å². The Morgan fingerprint density at radius 1 is 1.45 bits per heavy atom. The highest BCUT2D eigenvalue weighted by Gasteiger charge is 2.41. The lowest BCUT2D eigenvalue weighted by molar-refractivity contribution is -0.137. The van der Waals surface area contributed by atoms with E-state index >= 15 is 0 Å². The lowest BCUT2D eigenvalue weighted by atomic mass is 10.0. The van der Waals surface area contributed by atoms with Gasteiger partial charge in [-0.05, 0) is 36.3 Å². The quantitative estimate of drug-likeness (QED) is 0.840. The van der Waals surface area contributed by atoms with Crippen LogP contribution in [0.5, 0.6) is 0 Å². The van der Waals surface area contributed by atoms with Crippen molar-refractivity contribution < 1.29 is 23.1 Å². The Hall–Kier alpha value is -1.78. The minimum absolute atomic E-state index is 0.00264. The smallest absolute Gasteiger partial charge is 0.416 e. The highest BCUT2D eigenvalue weighted by molar-refractivity contribution is 5.81. The molecule has 1 aliphatic rings. The van der Waals surface area contributed by atoms with Crippen molar-refractivity contribution >= 4 is 5.97 Å². The summed E-state index contributed by atoms with van der Waals surface area (Å²) in [4.78, 5) is 10.7. The summed E-state index contributed by atoms with van der Waals surface area (Å²) in [5, 5.41) is 8.77. The van der Waals surface area contributed by atoms with E-state index in [4.69, 9.17) is 5.11 Å². The second-order valence-corrected chi connectivity index (χ2v) is 4.98. The Balaban J connectivity index is 2.18. The molecule has 1 N–H and O–H groups in total. The molecular formula is C15H15F3O2. The first-order valence-corrected chi connectivity index (χ1v) is 6.43. The van der Waals surface area contributed by atoms with Crippen molar-refractivity contribution in [3.63, 3.8) is 0 Å². The number of carbonyl (C=O) groups is 1. The topological polar surface area (TPSA) is 37.3 Å². The van der Waals surface area contributed by atoms with Crippen LogP contribution in [0.15, 0.2) is 35.9 Å². The lowest BCUT2D eigenvalue weighted by Crippen LogP contribution is -2.05. The number of carboxylic acid groups (broad SMARTS) is 1. The molecule has 0 radical (unpaired) electrons. The van der Waals surface area contributed by atoms with Crippen LogP contribution in [-0.4, -0.2) is 11.1 Å². The van der Waals surface area contributed by atoms with E-state index in [1.54, 1.807) is 6.07 Å². The number of rotatable bonds is 4. The Kier molecular flexibility index (Phi) is 3.88. The van der Waals surface area contributed by atoms with Crippen LogP contribution in [0.1, 0.15) is 36.8 Å². The number of hydrogen-bond acceptors (Lipinski definition) is 1. The van der Waals surface area contributed by atoms with Crippen LogP contribution < -0.4 is 0 Å². The molecule has 0 spiro atoms. The molecule has 2 rings (SSSR count). The van der Waals surface area contributed by atoms with Gasteiger partial charge in [0.15, 0.2) is 0 Å². The van der Waals surface area contributed by atoms with E-state index in [0.717, 1.165) is 11.6 Å². The SMILES string of the molecule is CC/C(=C\C(=O)O)C1CC1c1cccc(C(F)(F)F)c1. The van der Waals surface area contributed by atoms with E-state index in [9.17, 15) is 18.0 Å². The normalized spacial score (nSPS) is 22.7. The maximum absolute atomic E-state index is 12.7. The summed E-state index contributed by atoms with van der Waals surface area (Å²) in [5.74, 6) is -0.945. The minimum Gasteiger partial charge on any atom is -0.478 e.